The van der Waals surface area contributed by atoms with E-state index in [9.17, 15) is 0 Å². The van der Waals surface area contributed by atoms with E-state index in [0.717, 1.165) is 25.5 Å². The SMILES string of the molecule is CCN1[C@H](C)CN(c2cnc(C#N)cn2)C[C@@H]1C. The van der Waals surface area contributed by atoms with Crippen molar-refractivity contribution in [3.63, 3.8) is 0 Å². The third kappa shape index (κ3) is 2.44. The molecule has 5 nitrogen and oxygen atoms in total. The van der Waals surface area contributed by atoms with E-state index >= 15 is 0 Å². The van der Waals surface area contributed by atoms with Crippen molar-refractivity contribution in [1.29, 1.82) is 5.26 Å². The fourth-order valence-corrected chi connectivity index (χ4v) is 2.71. The number of rotatable bonds is 2. The summed E-state index contributed by atoms with van der Waals surface area (Å²) in [5.74, 6) is 0.864. The van der Waals surface area contributed by atoms with Crippen molar-refractivity contribution >= 4 is 5.82 Å². The molecule has 0 aliphatic carbocycles. The molecule has 2 heterocycles. The van der Waals surface area contributed by atoms with E-state index in [-0.39, 0.29) is 0 Å². The summed E-state index contributed by atoms with van der Waals surface area (Å²) >= 11 is 0. The lowest BCUT2D eigenvalue weighted by molar-refractivity contribution is 0.139. The van der Waals surface area contributed by atoms with Gasteiger partial charge in [0.15, 0.2) is 5.69 Å². The first kappa shape index (κ1) is 12.8. The predicted molar refractivity (Wildman–Crippen MR) is 70.3 cm³/mol. The first-order valence-electron chi connectivity index (χ1n) is 6.38. The largest absolute Gasteiger partial charge is 0.352 e. The first-order valence-corrected chi connectivity index (χ1v) is 6.38. The zero-order valence-electron chi connectivity index (χ0n) is 11.2. The molecule has 2 rings (SSSR count). The van der Waals surface area contributed by atoms with Crippen LogP contribution in [0.1, 0.15) is 26.5 Å². The number of aromatic nitrogens is 2. The van der Waals surface area contributed by atoms with Crippen LogP contribution < -0.4 is 4.90 Å². The Balaban J connectivity index is 2.12. The van der Waals surface area contributed by atoms with Gasteiger partial charge in [-0.1, -0.05) is 6.92 Å². The summed E-state index contributed by atoms with van der Waals surface area (Å²) in [5, 5.41) is 8.72. The fraction of sp³-hybridized carbons (Fsp3) is 0.615. The van der Waals surface area contributed by atoms with Gasteiger partial charge in [0.25, 0.3) is 0 Å². The number of nitrogens with zero attached hydrogens (tertiary/aromatic N) is 5. The molecule has 0 radical (unpaired) electrons. The molecule has 96 valence electrons. The number of anilines is 1. The lowest BCUT2D eigenvalue weighted by Crippen LogP contribution is -2.56. The average molecular weight is 245 g/mol. The molecule has 1 saturated heterocycles. The Morgan fingerprint density at radius 2 is 1.94 bits per heavy atom. The first-order chi connectivity index (χ1) is 8.65. The predicted octanol–water partition coefficient (Wildman–Crippen LogP) is 1.27. The van der Waals surface area contributed by atoms with Gasteiger partial charge in [0.2, 0.25) is 0 Å². The molecule has 18 heavy (non-hydrogen) atoms. The van der Waals surface area contributed by atoms with Crippen molar-refractivity contribution in [3.8, 4) is 6.07 Å². The van der Waals surface area contributed by atoms with Crippen molar-refractivity contribution in [2.45, 2.75) is 32.9 Å². The lowest BCUT2D eigenvalue weighted by atomic mass is 10.1. The van der Waals surface area contributed by atoms with Crippen LogP contribution in [0.4, 0.5) is 5.82 Å². The molecule has 0 aromatic carbocycles. The molecular weight excluding hydrogens is 226 g/mol. The molecule has 0 amide bonds. The smallest absolute Gasteiger partial charge is 0.158 e. The maximum Gasteiger partial charge on any atom is 0.158 e. The monoisotopic (exact) mass is 245 g/mol. The minimum absolute atomic E-state index is 0.368. The molecule has 2 atom stereocenters. The number of nitriles is 1. The van der Waals surface area contributed by atoms with Gasteiger partial charge in [-0.3, -0.25) is 4.90 Å². The lowest BCUT2D eigenvalue weighted by Gasteiger charge is -2.44. The van der Waals surface area contributed by atoms with Gasteiger partial charge in [-0.15, -0.1) is 0 Å². The topological polar surface area (TPSA) is 56.0 Å². The zero-order chi connectivity index (χ0) is 13.1. The molecule has 1 fully saturated rings. The molecule has 1 aliphatic heterocycles. The second kappa shape index (κ2) is 5.32. The quantitative estimate of drug-likeness (QED) is 0.785. The molecule has 0 spiro atoms. The van der Waals surface area contributed by atoms with Crippen LogP contribution in [0.2, 0.25) is 0 Å². The van der Waals surface area contributed by atoms with Gasteiger partial charge in [0, 0.05) is 25.2 Å². The highest BCUT2D eigenvalue weighted by atomic mass is 15.3. The normalized spacial score (nSPS) is 24.9. The summed E-state index contributed by atoms with van der Waals surface area (Å²) in [6.07, 6.45) is 3.23. The minimum Gasteiger partial charge on any atom is -0.352 e. The molecule has 1 aromatic heterocycles. The summed E-state index contributed by atoms with van der Waals surface area (Å²) < 4.78 is 0. The Morgan fingerprint density at radius 1 is 1.28 bits per heavy atom. The maximum atomic E-state index is 8.72. The highest BCUT2D eigenvalue weighted by Gasteiger charge is 2.28. The third-order valence-electron chi connectivity index (χ3n) is 3.54. The molecule has 0 N–H and O–H groups in total. The van der Waals surface area contributed by atoms with Gasteiger partial charge < -0.3 is 4.90 Å². The Morgan fingerprint density at radius 3 is 2.39 bits per heavy atom. The van der Waals surface area contributed by atoms with Crippen molar-refractivity contribution in [3.05, 3.63) is 18.1 Å². The van der Waals surface area contributed by atoms with Crippen molar-refractivity contribution in [2.75, 3.05) is 24.5 Å². The van der Waals surface area contributed by atoms with Gasteiger partial charge in [-0.05, 0) is 20.4 Å². The van der Waals surface area contributed by atoms with Crippen molar-refractivity contribution < 1.29 is 0 Å². The van der Waals surface area contributed by atoms with E-state index in [1.807, 2.05) is 6.07 Å². The van der Waals surface area contributed by atoms with Crippen LogP contribution in [-0.2, 0) is 0 Å². The summed E-state index contributed by atoms with van der Waals surface area (Å²) in [7, 11) is 0. The minimum atomic E-state index is 0.368. The molecule has 5 heteroatoms. The molecule has 1 aliphatic rings. The van der Waals surface area contributed by atoms with E-state index in [0.29, 0.717) is 17.8 Å². The number of hydrogen-bond donors (Lipinski definition) is 0. The van der Waals surface area contributed by atoms with Crippen LogP contribution in [0, 0.1) is 11.3 Å². The van der Waals surface area contributed by atoms with Crippen LogP contribution in [0.5, 0.6) is 0 Å². The Labute approximate surface area is 108 Å². The van der Waals surface area contributed by atoms with Crippen LogP contribution in [0.3, 0.4) is 0 Å². The number of likely N-dealkylation sites (N-methyl/N-ethyl adjacent to an activating group) is 1. The van der Waals surface area contributed by atoms with Crippen molar-refractivity contribution in [1.82, 2.24) is 14.9 Å². The Kier molecular flexibility index (Phi) is 3.78. The fourth-order valence-electron chi connectivity index (χ4n) is 2.71. The Bertz CT molecular complexity index is 424. The number of piperazine rings is 1. The second-order valence-electron chi connectivity index (χ2n) is 4.81. The second-order valence-corrected chi connectivity index (χ2v) is 4.81. The van der Waals surface area contributed by atoms with Gasteiger partial charge in [0.1, 0.15) is 11.9 Å². The van der Waals surface area contributed by atoms with Gasteiger partial charge in [-0.2, -0.15) is 5.26 Å². The highest BCUT2D eigenvalue weighted by Crippen LogP contribution is 2.19. The van der Waals surface area contributed by atoms with E-state index in [1.54, 1.807) is 6.20 Å². The number of hydrogen-bond acceptors (Lipinski definition) is 5. The summed E-state index contributed by atoms with van der Waals surface area (Å²) in [4.78, 5) is 13.1. The summed E-state index contributed by atoms with van der Waals surface area (Å²) in [6, 6.07) is 3.01. The standard InChI is InChI=1S/C13H19N5/c1-4-18-10(2)8-17(9-11(18)3)13-7-15-12(5-14)6-16-13/h6-7,10-11H,4,8-9H2,1-3H3/t10-,11+. The van der Waals surface area contributed by atoms with E-state index in [2.05, 4.69) is 40.5 Å². The highest BCUT2D eigenvalue weighted by molar-refractivity contribution is 5.38. The maximum absolute atomic E-state index is 8.72. The zero-order valence-corrected chi connectivity index (χ0v) is 11.2. The van der Waals surface area contributed by atoms with Gasteiger partial charge in [0.05, 0.1) is 12.4 Å². The van der Waals surface area contributed by atoms with E-state index < -0.39 is 0 Å². The van der Waals surface area contributed by atoms with Crippen molar-refractivity contribution in [2.24, 2.45) is 0 Å². The molecular formula is C13H19N5. The molecule has 1 aromatic rings. The van der Waals surface area contributed by atoms with E-state index in [4.69, 9.17) is 5.26 Å². The molecule has 0 saturated carbocycles. The van der Waals surface area contributed by atoms with Crippen LogP contribution in [0.25, 0.3) is 0 Å². The van der Waals surface area contributed by atoms with Crippen LogP contribution >= 0.6 is 0 Å². The molecule has 0 bridgehead atoms. The third-order valence-corrected chi connectivity index (χ3v) is 3.54. The van der Waals surface area contributed by atoms with Crippen LogP contribution in [-0.4, -0.2) is 46.6 Å². The van der Waals surface area contributed by atoms with Gasteiger partial charge >= 0.3 is 0 Å². The van der Waals surface area contributed by atoms with Gasteiger partial charge in [-0.25, -0.2) is 9.97 Å². The summed E-state index contributed by atoms with van der Waals surface area (Å²) in [6.45, 7) is 9.67. The molecule has 0 unspecified atom stereocenters. The Hall–Kier alpha value is -1.67. The van der Waals surface area contributed by atoms with E-state index in [1.165, 1.54) is 6.20 Å². The van der Waals surface area contributed by atoms with Crippen LogP contribution in [0.15, 0.2) is 12.4 Å². The summed E-state index contributed by atoms with van der Waals surface area (Å²) in [5.41, 5.74) is 0.368. The average Bonchev–Trinajstić information content (AvgIpc) is 2.38.